The highest BCUT2D eigenvalue weighted by Gasteiger charge is 2.15. The van der Waals surface area contributed by atoms with Crippen molar-refractivity contribution in [2.75, 3.05) is 11.9 Å². The number of fused-ring (bicyclic) bond motifs is 1. The summed E-state index contributed by atoms with van der Waals surface area (Å²) in [5.41, 5.74) is 3.01. The van der Waals surface area contributed by atoms with Gasteiger partial charge in [0.15, 0.2) is 11.7 Å². The van der Waals surface area contributed by atoms with Gasteiger partial charge in [-0.3, -0.25) is 14.9 Å². The van der Waals surface area contributed by atoms with Gasteiger partial charge in [0.2, 0.25) is 0 Å². The molecule has 0 saturated carbocycles. The van der Waals surface area contributed by atoms with Gasteiger partial charge in [0.25, 0.3) is 5.91 Å². The lowest BCUT2D eigenvalue weighted by Gasteiger charge is -2.07. The molecule has 0 fully saturated rings. The number of rotatable bonds is 5. The Hall–Kier alpha value is -2.51. The number of carbonyl (C=O) groups excluding carboxylic acids is 2. The van der Waals surface area contributed by atoms with E-state index in [1.165, 1.54) is 29.5 Å². The van der Waals surface area contributed by atoms with Crippen LogP contribution in [0.4, 0.5) is 9.52 Å². The predicted octanol–water partition coefficient (Wildman–Crippen LogP) is 4.43. The van der Waals surface area contributed by atoms with E-state index in [0.717, 1.165) is 21.3 Å². The second-order valence-electron chi connectivity index (χ2n) is 6.03. The van der Waals surface area contributed by atoms with E-state index in [9.17, 15) is 14.0 Å². The number of amides is 1. The monoisotopic (exact) mass is 406 g/mol. The molecule has 0 spiro atoms. The molecule has 3 aromatic rings. The summed E-state index contributed by atoms with van der Waals surface area (Å²) in [6, 6.07) is 8.15. The van der Waals surface area contributed by atoms with Crippen LogP contribution in [0.25, 0.3) is 10.2 Å². The summed E-state index contributed by atoms with van der Waals surface area (Å²) in [5, 5.41) is 3.17. The van der Waals surface area contributed by atoms with E-state index >= 15 is 0 Å². The van der Waals surface area contributed by atoms with Crippen molar-refractivity contribution in [2.45, 2.75) is 20.3 Å². The number of benzene rings is 2. The summed E-state index contributed by atoms with van der Waals surface area (Å²) < 4.78 is 19.6. The average molecular weight is 407 g/mol. The maximum absolute atomic E-state index is 13.7. The van der Waals surface area contributed by atoms with Crippen molar-refractivity contribution >= 4 is 50.2 Å². The predicted molar refractivity (Wildman–Crippen MR) is 104 cm³/mol. The van der Waals surface area contributed by atoms with E-state index in [-0.39, 0.29) is 17.0 Å². The van der Waals surface area contributed by atoms with Crippen LogP contribution in [0.1, 0.15) is 16.7 Å². The van der Waals surface area contributed by atoms with Crippen LogP contribution in [0.5, 0.6) is 0 Å². The third-order valence-electron chi connectivity index (χ3n) is 3.82. The van der Waals surface area contributed by atoms with Gasteiger partial charge in [-0.05, 0) is 43.2 Å². The van der Waals surface area contributed by atoms with Crippen LogP contribution in [0, 0.1) is 19.7 Å². The van der Waals surface area contributed by atoms with E-state index in [2.05, 4.69) is 10.3 Å². The molecule has 1 heterocycles. The molecule has 0 unspecified atom stereocenters. The molecule has 5 nitrogen and oxygen atoms in total. The molecular weight excluding hydrogens is 391 g/mol. The van der Waals surface area contributed by atoms with Gasteiger partial charge in [-0.25, -0.2) is 9.37 Å². The van der Waals surface area contributed by atoms with Crippen LogP contribution < -0.4 is 5.32 Å². The summed E-state index contributed by atoms with van der Waals surface area (Å²) >= 11 is 7.22. The SMILES string of the molecule is Cc1cc(C)c2nc(NC(=O)COC(=O)Cc3c(F)cccc3Cl)sc2c1. The Morgan fingerprint density at radius 3 is 2.81 bits per heavy atom. The highest BCUT2D eigenvalue weighted by molar-refractivity contribution is 7.22. The zero-order valence-corrected chi connectivity index (χ0v) is 16.2. The number of hydrogen-bond acceptors (Lipinski definition) is 5. The molecular formula is C19H16ClFN2O3S. The second kappa shape index (κ2) is 8.02. The third kappa shape index (κ3) is 4.61. The van der Waals surface area contributed by atoms with E-state index < -0.39 is 24.3 Å². The maximum Gasteiger partial charge on any atom is 0.310 e. The molecule has 8 heteroatoms. The Morgan fingerprint density at radius 2 is 2.07 bits per heavy atom. The van der Waals surface area contributed by atoms with Crippen LogP contribution in [0.2, 0.25) is 5.02 Å². The summed E-state index contributed by atoms with van der Waals surface area (Å²) in [5.74, 6) is -1.85. The summed E-state index contributed by atoms with van der Waals surface area (Å²) in [6.45, 7) is 3.46. The quantitative estimate of drug-likeness (QED) is 0.636. The van der Waals surface area contributed by atoms with Gasteiger partial charge in [0, 0.05) is 10.6 Å². The molecule has 0 aliphatic heterocycles. The fourth-order valence-electron chi connectivity index (χ4n) is 2.62. The van der Waals surface area contributed by atoms with Crippen molar-refractivity contribution in [3.63, 3.8) is 0 Å². The first-order chi connectivity index (χ1) is 12.8. The number of nitrogens with one attached hydrogen (secondary N) is 1. The Kier molecular flexibility index (Phi) is 5.72. The van der Waals surface area contributed by atoms with Crippen molar-refractivity contribution in [1.82, 2.24) is 4.98 Å². The van der Waals surface area contributed by atoms with Crippen LogP contribution in [-0.4, -0.2) is 23.5 Å². The molecule has 0 aliphatic rings. The number of hydrogen-bond donors (Lipinski definition) is 1. The van der Waals surface area contributed by atoms with Crippen molar-refractivity contribution < 1.29 is 18.7 Å². The molecule has 1 N–H and O–H groups in total. The fraction of sp³-hybridized carbons (Fsp3) is 0.211. The minimum absolute atomic E-state index is 0.0431. The molecule has 1 amide bonds. The van der Waals surface area contributed by atoms with E-state index in [1.807, 2.05) is 26.0 Å². The topological polar surface area (TPSA) is 68.3 Å². The van der Waals surface area contributed by atoms with Crippen molar-refractivity contribution in [2.24, 2.45) is 0 Å². The number of thiazole rings is 1. The van der Waals surface area contributed by atoms with Crippen LogP contribution >= 0.6 is 22.9 Å². The third-order valence-corrected chi connectivity index (χ3v) is 5.10. The Balaban J connectivity index is 1.58. The van der Waals surface area contributed by atoms with E-state index in [0.29, 0.717) is 5.13 Å². The summed E-state index contributed by atoms with van der Waals surface area (Å²) in [7, 11) is 0. The highest BCUT2D eigenvalue weighted by Crippen LogP contribution is 2.29. The zero-order chi connectivity index (χ0) is 19.6. The van der Waals surface area contributed by atoms with Gasteiger partial charge in [-0.2, -0.15) is 0 Å². The lowest BCUT2D eigenvalue weighted by atomic mass is 10.1. The smallest absolute Gasteiger partial charge is 0.310 e. The number of ether oxygens (including phenoxy) is 1. The van der Waals surface area contributed by atoms with Crippen LogP contribution in [0.3, 0.4) is 0 Å². The van der Waals surface area contributed by atoms with E-state index in [4.69, 9.17) is 16.3 Å². The molecule has 140 valence electrons. The van der Waals surface area contributed by atoms with Gasteiger partial charge in [0.05, 0.1) is 16.6 Å². The molecule has 2 aromatic carbocycles. The van der Waals surface area contributed by atoms with Crippen LogP contribution in [-0.2, 0) is 20.7 Å². The number of halogens is 2. The first-order valence-corrected chi connectivity index (χ1v) is 9.29. The van der Waals surface area contributed by atoms with Gasteiger partial charge in [-0.15, -0.1) is 0 Å². The van der Waals surface area contributed by atoms with Gasteiger partial charge in [-0.1, -0.05) is 35.1 Å². The van der Waals surface area contributed by atoms with Crippen molar-refractivity contribution in [1.29, 1.82) is 0 Å². The first kappa shape index (κ1) is 19.3. The van der Waals surface area contributed by atoms with Crippen molar-refractivity contribution in [3.05, 3.63) is 57.9 Å². The summed E-state index contributed by atoms with van der Waals surface area (Å²) in [6.07, 6.45) is -0.349. The molecule has 1 aromatic heterocycles. The molecule has 0 atom stereocenters. The lowest BCUT2D eigenvalue weighted by molar-refractivity contribution is -0.146. The number of aryl methyl sites for hydroxylation is 2. The zero-order valence-electron chi connectivity index (χ0n) is 14.6. The molecule has 0 saturated heterocycles. The van der Waals surface area contributed by atoms with Crippen LogP contribution in [0.15, 0.2) is 30.3 Å². The number of esters is 1. The minimum Gasteiger partial charge on any atom is -0.455 e. The van der Waals surface area contributed by atoms with Gasteiger partial charge in [0.1, 0.15) is 5.82 Å². The summed E-state index contributed by atoms with van der Waals surface area (Å²) in [4.78, 5) is 28.3. The maximum atomic E-state index is 13.7. The minimum atomic E-state index is -0.743. The largest absolute Gasteiger partial charge is 0.455 e. The Morgan fingerprint density at radius 1 is 1.30 bits per heavy atom. The van der Waals surface area contributed by atoms with Gasteiger partial charge >= 0.3 is 5.97 Å². The fourth-order valence-corrected chi connectivity index (χ4v) is 3.91. The molecule has 0 bridgehead atoms. The normalized spacial score (nSPS) is 10.8. The molecule has 27 heavy (non-hydrogen) atoms. The standard InChI is InChI=1S/C19H16ClFN2O3S/c1-10-6-11(2)18-15(7-10)27-19(23-18)22-16(24)9-26-17(25)8-12-13(20)4-3-5-14(12)21/h3-7H,8-9H2,1-2H3,(H,22,23,24). The second-order valence-corrected chi connectivity index (χ2v) is 7.47. The number of anilines is 1. The number of nitrogens with zero attached hydrogens (tertiary/aromatic N) is 1. The molecule has 3 rings (SSSR count). The first-order valence-electron chi connectivity index (χ1n) is 8.09. The average Bonchev–Trinajstić information content (AvgIpc) is 2.99. The number of carbonyl (C=O) groups is 2. The molecule has 0 aliphatic carbocycles. The lowest BCUT2D eigenvalue weighted by Crippen LogP contribution is -2.21. The number of aromatic nitrogens is 1. The van der Waals surface area contributed by atoms with Crippen molar-refractivity contribution in [3.8, 4) is 0 Å². The molecule has 0 radical (unpaired) electrons. The Labute approximate surface area is 164 Å². The van der Waals surface area contributed by atoms with Gasteiger partial charge < -0.3 is 4.74 Å². The highest BCUT2D eigenvalue weighted by atomic mass is 35.5. The Bertz CT molecular complexity index is 1010. The van der Waals surface area contributed by atoms with E-state index in [1.54, 1.807) is 0 Å².